The van der Waals surface area contributed by atoms with Crippen LogP contribution in [0.15, 0.2) is 10.5 Å². The number of aliphatic carboxylic acids is 1. The summed E-state index contributed by atoms with van der Waals surface area (Å²) >= 11 is 3.54. The maximum absolute atomic E-state index is 10.5. The number of halogens is 1. The highest BCUT2D eigenvalue weighted by molar-refractivity contribution is 9.10. The molecule has 0 saturated carbocycles. The van der Waals surface area contributed by atoms with Crippen molar-refractivity contribution < 1.29 is 14.6 Å². The summed E-state index contributed by atoms with van der Waals surface area (Å²) in [6.07, 6.45) is 2.39. The van der Waals surface area contributed by atoms with Gasteiger partial charge in [0.15, 0.2) is 0 Å². The van der Waals surface area contributed by atoms with Gasteiger partial charge in [0, 0.05) is 22.5 Å². The topological polar surface area (TPSA) is 72.5 Å². The molecule has 0 aliphatic heterocycles. The number of benzene rings is 1. The third-order valence-corrected chi connectivity index (χ3v) is 4.26. The van der Waals surface area contributed by atoms with Crippen molar-refractivity contribution in [3.8, 4) is 5.75 Å². The van der Waals surface area contributed by atoms with Crippen molar-refractivity contribution in [2.24, 2.45) is 5.73 Å². The van der Waals surface area contributed by atoms with E-state index in [9.17, 15) is 4.79 Å². The van der Waals surface area contributed by atoms with E-state index in [1.54, 1.807) is 7.11 Å². The average molecular weight is 344 g/mol. The second-order valence-corrected chi connectivity index (χ2v) is 5.85. The maximum atomic E-state index is 10.5. The molecule has 1 aromatic rings. The van der Waals surface area contributed by atoms with Gasteiger partial charge in [-0.2, -0.15) is 0 Å². The van der Waals surface area contributed by atoms with Crippen LogP contribution in [0.1, 0.15) is 48.4 Å². The smallest absolute Gasteiger partial charge is 0.303 e. The van der Waals surface area contributed by atoms with Crippen molar-refractivity contribution in [2.45, 2.75) is 45.6 Å². The molecule has 0 heterocycles. The number of carbonyl (C=O) groups is 1. The van der Waals surface area contributed by atoms with Crippen molar-refractivity contribution in [3.05, 3.63) is 27.2 Å². The highest BCUT2D eigenvalue weighted by Crippen LogP contribution is 2.37. The second-order valence-electron chi connectivity index (χ2n) is 4.99. The first-order chi connectivity index (χ1) is 9.38. The Morgan fingerprint density at radius 3 is 2.65 bits per heavy atom. The van der Waals surface area contributed by atoms with Crippen molar-refractivity contribution in [1.29, 1.82) is 0 Å². The van der Waals surface area contributed by atoms with Crippen LogP contribution in [0.4, 0.5) is 0 Å². The first-order valence-corrected chi connectivity index (χ1v) is 7.48. The zero-order valence-electron chi connectivity index (χ0n) is 12.2. The number of carboxylic acid groups (broad SMARTS) is 1. The Balaban J connectivity index is 2.86. The minimum Gasteiger partial charge on any atom is -0.496 e. The number of hydrogen-bond donors (Lipinski definition) is 2. The monoisotopic (exact) mass is 343 g/mol. The van der Waals surface area contributed by atoms with Crippen LogP contribution in [0, 0.1) is 13.8 Å². The maximum Gasteiger partial charge on any atom is 0.303 e. The van der Waals surface area contributed by atoms with E-state index in [1.807, 2.05) is 19.9 Å². The summed E-state index contributed by atoms with van der Waals surface area (Å²) in [6.45, 7) is 4.00. The Hall–Kier alpha value is -1.07. The fourth-order valence-electron chi connectivity index (χ4n) is 2.38. The fourth-order valence-corrected chi connectivity index (χ4v) is 2.93. The molecule has 0 amide bonds. The van der Waals surface area contributed by atoms with Gasteiger partial charge >= 0.3 is 5.97 Å². The van der Waals surface area contributed by atoms with E-state index in [-0.39, 0.29) is 12.5 Å². The van der Waals surface area contributed by atoms with E-state index in [4.69, 9.17) is 15.6 Å². The highest BCUT2D eigenvalue weighted by atomic mass is 79.9. The van der Waals surface area contributed by atoms with Gasteiger partial charge in [-0.15, -0.1) is 0 Å². The van der Waals surface area contributed by atoms with Gasteiger partial charge in [0.25, 0.3) is 0 Å². The molecule has 1 aromatic carbocycles. The normalized spacial score (nSPS) is 12.2. The average Bonchev–Trinajstić information content (AvgIpc) is 2.38. The molecule has 4 nitrogen and oxygen atoms in total. The summed E-state index contributed by atoms with van der Waals surface area (Å²) < 4.78 is 6.50. The molecule has 1 rings (SSSR count). The molecule has 0 radical (unpaired) electrons. The van der Waals surface area contributed by atoms with Crippen LogP contribution in [0.2, 0.25) is 0 Å². The van der Waals surface area contributed by atoms with E-state index in [2.05, 4.69) is 15.9 Å². The van der Waals surface area contributed by atoms with Crippen molar-refractivity contribution in [2.75, 3.05) is 7.11 Å². The standard InChI is InChI=1S/C15H22BrNO3/c1-9-8-11(16)10(2)14(15(9)20-3)12(17)6-4-5-7-13(18)19/h8,12H,4-7,17H2,1-3H3,(H,18,19). The highest BCUT2D eigenvalue weighted by Gasteiger charge is 2.18. The summed E-state index contributed by atoms with van der Waals surface area (Å²) in [7, 11) is 1.65. The van der Waals surface area contributed by atoms with Gasteiger partial charge < -0.3 is 15.6 Å². The zero-order chi connectivity index (χ0) is 15.3. The molecule has 112 valence electrons. The van der Waals surface area contributed by atoms with Gasteiger partial charge in [-0.1, -0.05) is 22.4 Å². The molecule has 20 heavy (non-hydrogen) atoms. The summed E-state index contributed by atoms with van der Waals surface area (Å²) in [5.74, 6) is 0.0714. The van der Waals surface area contributed by atoms with E-state index in [1.165, 1.54) is 0 Å². The van der Waals surface area contributed by atoms with Crippen molar-refractivity contribution >= 4 is 21.9 Å². The lowest BCUT2D eigenvalue weighted by molar-refractivity contribution is -0.137. The Kier molecular flexibility index (Phi) is 6.49. The van der Waals surface area contributed by atoms with Gasteiger partial charge in [0.1, 0.15) is 5.75 Å². The zero-order valence-corrected chi connectivity index (χ0v) is 13.8. The van der Waals surface area contributed by atoms with Gasteiger partial charge in [0.2, 0.25) is 0 Å². The fraction of sp³-hybridized carbons (Fsp3) is 0.533. The molecule has 0 spiro atoms. The summed E-state index contributed by atoms with van der Waals surface area (Å²) in [5.41, 5.74) is 9.41. The number of rotatable bonds is 7. The quantitative estimate of drug-likeness (QED) is 0.740. The van der Waals surface area contributed by atoms with Crippen molar-refractivity contribution in [3.63, 3.8) is 0 Å². The summed E-state index contributed by atoms with van der Waals surface area (Å²) in [4.78, 5) is 10.5. The lowest BCUT2D eigenvalue weighted by Crippen LogP contribution is -2.14. The van der Waals surface area contributed by atoms with Gasteiger partial charge in [-0.3, -0.25) is 4.79 Å². The molecule has 5 heteroatoms. The molecule has 0 saturated heterocycles. The van der Waals surface area contributed by atoms with Gasteiger partial charge in [-0.05, 0) is 43.9 Å². The van der Waals surface area contributed by atoms with Crippen LogP contribution in [0.25, 0.3) is 0 Å². The van der Waals surface area contributed by atoms with E-state index in [0.29, 0.717) is 6.42 Å². The molecule has 0 bridgehead atoms. The molecular weight excluding hydrogens is 322 g/mol. The Bertz CT molecular complexity index is 488. The molecule has 1 unspecified atom stereocenters. The predicted molar refractivity (Wildman–Crippen MR) is 83.2 cm³/mol. The first kappa shape index (κ1) is 17.0. The number of ether oxygens (including phenoxy) is 1. The molecular formula is C15H22BrNO3. The third kappa shape index (κ3) is 4.21. The molecule has 0 fully saturated rings. The van der Waals surface area contributed by atoms with Crippen LogP contribution < -0.4 is 10.5 Å². The van der Waals surface area contributed by atoms with Crippen LogP contribution in [-0.4, -0.2) is 18.2 Å². The van der Waals surface area contributed by atoms with E-state index in [0.717, 1.165) is 39.8 Å². The molecule has 0 aliphatic carbocycles. The predicted octanol–water partition coefficient (Wildman–Crippen LogP) is 3.72. The largest absolute Gasteiger partial charge is 0.496 e. The third-order valence-electron chi connectivity index (χ3n) is 3.44. The van der Waals surface area contributed by atoms with Crippen molar-refractivity contribution in [1.82, 2.24) is 0 Å². The van der Waals surface area contributed by atoms with E-state index >= 15 is 0 Å². The number of aryl methyl sites for hydroxylation is 1. The Morgan fingerprint density at radius 1 is 1.45 bits per heavy atom. The van der Waals surface area contributed by atoms with Crippen LogP contribution in [-0.2, 0) is 4.79 Å². The van der Waals surface area contributed by atoms with Crippen LogP contribution >= 0.6 is 15.9 Å². The lowest BCUT2D eigenvalue weighted by atomic mass is 9.94. The van der Waals surface area contributed by atoms with Gasteiger partial charge in [0.05, 0.1) is 7.11 Å². The SMILES string of the molecule is COc1c(C)cc(Br)c(C)c1C(N)CCCCC(=O)O. The first-order valence-electron chi connectivity index (χ1n) is 6.69. The second kappa shape index (κ2) is 7.64. The minimum absolute atomic E-state index is 0.144. The summed E-state index contributed by atoms with van der Waals surface area (Å²) in [6, 6.07) is 1.88. The Labute approximate surface area is 128 Å². The molecule has 0 aromatic heterocycles. The molecule has 0 aliphatic rings. The van der Waals surface area contributed by atoms with Crippen LogP contribution in [0.3, 0.4) is 0 Å². The number of hydrogen-bond acceptors (Lipinski definition) is 3. The van der Waals surface area contributed by atoms with Crippen LogP contribution in [0.5, 0.6) is 5.75 Å². The number of unbranched alkanes of at least 4 members (excludes halogenated alkanes) is 1. The van der Waals surface area contributed by atoms with E-state index < -0.39 is 5.97 Å². The Morgan fingerprint density at radius 2 is 2.10 bits per heavy atom. The van der Waals surface area contributed by atoms with Gasteiger partial charge in [-0.25, -0.2) is 0 Å². The molecule has 1 atom stereocenters. The number of methoxy groups -OCH3 is 1. The number of nitrogens with two attached hydrogens (primary N) is 1. The number of carboxylic acids is 1. The minimum atomic E-state index is -0.759. The molecule has 3 N–H and O–H groups in total. The lowest BCUT2D eigenvalue weighted by Gasteiger charge is -2.21. The summed E-state index contributed by atoms with van der Waals surface area (Å²) in [5, 5.41) is 8.64.